The predicted octanol–water partition coefficient (Wildman–Crippen LogP) is 2.88. The molecule has 17 heavy (non-hydrogen) atoms. The molecule has 3 nitrogen and oxygen atoms in total. The molecule has 0 spiro atoms. The van der Waals surface area contributed by atoms with Crippen LogP contribution >= 0.6 is 0 Å². The number of hydrogen-bond acceptors (Lipinski definition) is 3. The summed E-state index contributed by atoms with van der Waals surface area (Å²) in [6.45, 7) is -1.29. The van der Waals surface area contributed by atoms with Crippen molar-refractivity contribution >= 4 is 5.69 Å². The maximum Gasteiger partial charge on any atom is 0.387 e. The summed E-state index contributed by atoms with van der Waals surface area (Å²) < 4.78 is 33.8. The number of hydrogen-bond donors (Lipinski definition) is 1. The third kappa shape index (κ3) is 3.85. The third-order valence-corrected chi connectivity index (χ3v) is 2.62. The Balaban J connectivity index is 1.86. The van der Waals surface area contributed by atoms with Gasteiger partial charge in [0.25, 0.3) is 0 Å². The van der Waals surface area contributed by atoms with E-state index in [-0.39, 0.29) is 11.9 Å². The second kappa shape index (κ2) is 5.82. The highest BCUT2D eigenvalue weighted by molar-refractivity contribution is 5.48. The number of ether oxygens (including phenoxy) is 2. The first-order valence-electron chi connectivity index (χ1n) is 5.64. The summed E-state index contributed by atoms with van der Waals surface area (Å²) >= 11 is 0. The van der Waals surface area contributed by atoms with Crippen molar-refractivity contribution < 1.29 is 18.3 Å². The van der Waals surface area contributed by atoms with Gasteiger partial charge in [0.15, 0.2) is 0 Å². The summed E-state index contributed by atoms with van der Waals surface area (Å²) in [7, 11) is 0. The molecule has 0 radical (unpaired) electrons. The van der Waals surface area contributed by atoms with Crippen LogP contribution in [0.3, 0.4) is 0 Å². The first-order chi connectivity index (χ1) is 8.24. The van der Waals surface area contributed by atoms with E-state index >= 15 is 0 Å². The van der Waals surface area contributed by atoms with Gasteiger partial charge in [0.2, 0.25) is 0 Å². The van der Waals surface area contributed by atoms with Gasteiger partial charge in [0.05, 0.1) is 6.10 Å². The van der Waals surface area contributed by atoms with Crippen molar-refractivity contribution in [3.05, 3.63) is 24.3 Å². The monoisotopic (exact) mass is 243 g/mol. The zero-order chi connectivity index (χ0) is 12.1. The van der Waals surface area contributed by atoms with Crippen LogP contribution in [0.4, 0.5) is 14.5 Å². The Morgan fingerprint density at radius 2 is 2.35 bits per heavy atom. The summed E-state index contributed by atoms with van der Waals surface area (Å²) in [5, 5.41) is 3.15. The Bertz CT molecular complexity index is 354. The maximum atomic E-state index is 12.0. The fraction of sp³-hybridized carbons (Fsp3) is 0.500. The van der Waals surface area contributed by atoms with Gasteiger partial charge in [-0.05, 0) is 25.0 Å². The second-order valence-corrected chi connectivity index (χ2v) is 3.92. The van der Waals surface area contributed by atoms with E-state index in [1.165, 1.54) is 6.07 Å². The highest BCUT2D eigenvalue weighted by atomic mass is 19.3. The summed E-state index contributed by atoms with van der Waals surface area (Å²) in [6.07, 6.45) is 2.34. The largest absolute Gasteiger partial charge is 0.435 e. The molecule has 0 saturated carbocycles. The first kappa shape index (κ1) is 12.1. The summed E-state index contributed by atoms with van der Waals surface area (Å²) in [6, 6.07) is 6.55. The third-order valence-electron chi connectivity index (χ3n) is 2.62. The van der Waals surface area contributed by atoms with Gasteiger partial charge < -0.3 is 14.8 Å². The van der Waals surface area contributed by atoms with Crippen LogP contribution in [0.2, 0.25) is 0 Å². The van der Waals surface area contributed by atoms with Crippen LogP contribution in [0, 0.1) is 0 Å². The van der Waals surface area contributed by atoms with Gasteiger partial charge in [-0.3, -0.25) is 0 Å². The second-order valence-electron chi connectivity index (χ2n) is 3.92. The van der Waals surface area contributed by atoms with Crippen molar-refractivity contribution in [2.45, 2.75) is 25.6 Å². The van der Waals surface area contributed by atoms with Gasteiger partial charge in [-0.2, -0.15) is 8.78 Å². The van der Waals surface area contributed by atoms with Crippen molar-refractivity contribution in [2.75, 3.05) is 18.5 Å². The molecule has 1 N–H and O–H groups in total. The molecule has 1 heterocycles. The van der Waals surface area contributed by atoms with Crippen LogP contribution in [0.15, 0.2) is 24.3 Å². The fourth-order valence-electron chi connectivity index (χ4n) is 1.82. The van der Waals surface area contributed by atoms with E-state index in [1.807, 2.05) is 6.07 Å². The van der Waals surface area contributed by atoms with E-state index in [0.717, 1.165) is 25.1 Å². The summed E-state index contributed by atoms with van der Waals surface area (Å²) in [5.74, 6) is 0.164. The molecule has 0 aromatic heterocycles. The highest BCUT2D eigenvalue weighted by Crippen LogP contribution is 2.20. The van der Waals surface area contributed by atoms with Crippen LogP contribution in [-0.2, 0) is 4.74 Å². The molecule has 1 aromatic rings. The van der Waals surface area contributed by atoms with E-state index in [9.17, 15) is 8.78 Å². The Kier molecular flexibility index (Phi) is 4.14. The van der Waals surface area contributed by atoms with Gasteiger partial charge in [-0.15, -0.1) is 0 Å². The minimum absolute atomic E-state index is 0.164. The van der Waals surface area contributed by atoms with Crippen molar-refractivity contribution in [1.29, 1.82) is 0 Å². The lowest BCUT2D eigenvalue weighted by Crippen LogP contribution is -2.18. The molecule has 1 saturated heterocycles. The molecule has 1 unspecified atom stereocenters. The van der Waals surface area contributed by atoms with Gasteiger partial charge >= 0.3 is 6.61 Å². The van der Waals surface area contributed by atoms with Crippen LogP contribution in [-0.4, -0.2) is 25.9 Å². The van der Waals surface area contributed by atoms with Crippen molar-refractivity contribution in [1.82, 2.24) is 0 Å². The molecule has 1 atom stereocenters. The van der Waals surface area contributed by atoms with E-state index in [4.69, 9.17) is 4.74 Å². The summed E-state index contributed by atoms with van der Waals surface area (Å²) in [4.78, 5) is 0. The minimum atomic E-state index is -2.79. The van der Waals surface area contributed by atoms with Gasteiger partial charge in [-0.1, -0.05) is 6.07 Å². The standard InChI is InChI=1S/C12H15F2NO2/c13-12(14)17-10-4-1-3-9(7-10)15-8-11-5-2-6-16-11/h1,3-4,7,11-12,15H,2,5-6,8H2. The number of nitrogens with one attached hydrogen (secondary N) is 1. The van der Waals surface area contributed by atoms with E-state index < -0.39 is 6.61 Å². The van der Waals surface area contributed by atoms with E-state index in [1.54, 1.807) is 12.1 Å². The lowest BCUT2D eigenvalue weighted by Gasteiger charge is -2.12. The minimum Gasteiger partial charge on any atom is -0.435 e. The number of alkyl halides is 2. The van der Waals surface area contributed by atoms with Gasteiger partial charge in [0.1, 0.15) is 5.75 Å². The SMILES string of the molecule is FC(F)Oc1cccc(NCC2CCCO2)c1. The van der Waals surface area contributed by atoms with Crippen LogP contribution in [0.25, 0.3) is 0 Å². The maximum absolute atomic E-state index is 12.0. The van der Waals surface area contributed by atoms with E-state index in [2.05, 4.69) is 10.1 Å². The molecule has 94 valence electrons. The number of halogens is 2. The number of anilines is 1. The van der Waals surface area contributed by atoms with E-state index in [0.29, 0.717) is 6.54 Å². The lowest BCUT2D eigenvalue weighted by atomic mass is 10.2. The molecule has 1 fully saturated rings. The van der Waals surface area contributed by atoms with Gasteiger partial charge in [-0.25, -0.2) is 0 Å². The Hall–Kier alpha value is -1.36. The zero-order valence-electron chi connectivity index (χ0n) is 9.36. The Morgan fingerprint density at radius 1 is 1.47 bits per heavy atom. The quantitative estimate of drug-likeness (QED) is 0.862. The molecular weight excluding hydrogens is 228 g/mol. The Morgan fingerprint density at radius 3 is 3.06 bits per heavy atom. The molecule has 1 aliphatic rings. The highest BCUT2D eigenvalue weighted by Gasteiger charge is 2.14. The first-order valence-corrected chi connectivity index (χ1v) is 5.64. The zero-order valence-corrected chi connectivity index (χ0v) is 9.36. The van der Waals surface area contributed by atoms with Gasteiger partial charge in [0, 0.05) is 24.9 Å². The summed E-state index contributed by atoms with van der Waals surface area (Å²) in [5.41, 5.74) is 0.763. The molecule has 1 aliphatic heterocycles. The van der Waals surface area contributed by atoms with Crippen LogP contribution in [0.1, 0.15) is 12.8 Å². The molecule has 2 rings (SSSR count). The molecular formula is C12H15F2NO2. The molecule has 0 aliphatic carbocycles. The number of rotatable bonds is 5. The normalized spacial score (nSPS) is 19.6. The van der Waals surface area contributed by atoms with Crippen molar-refractivity contribution in [3.63, 3.8) is 0 Å². The average Bonchev–Trinajstić information content (AvgIpc) is 2.79. The van der Waals surface area contributed by atoms with Crippen molar-refractivity contribution in [3.8, 4) is 5.75 Å². The topological polar surface area (TPSA) is 30.5 Å². The fourth-order valence-corrected chi connectivity index (χ4v) is 1.82. The predicted molar refractivity (Wildman–Crippen MR) is 60.5 cm³/mol. The lowest BCUT2D eigenvalue weighted by molar-refractivity contribution is -0.0498. The van der Waals surface area contributed by atoms with Crippen LogP contribution in [0.5, 0.6) is 5.75 Å². The molecule has 0 bridgehead atoms. The molecule has 1 aromatic carbocycles. The smallest absolute Gasteiger partial charge is 0.387 e. The Labute approximate surface area is 98.7 Å². The van der Waals surface area contributed by atoms with Crippen LogP contribution < -0.4 is 10.1 Å². The average molecular weight is 243 g/mol. The van der Waals surface area contributed by atoms with Crippen molar-refractivity contribution in [2.24, 2.45) is 0 Å². The molecule has 0 amide bonds. The number of benzene rings is 1. The molecule has 5 heteroatoms.